The number of nitrogens with zero attached hydrogens (tertiary/aromatic N) is 2. The lowest BCUT2D eigenvalue weighted by Crippen LogP contribution is -2.31. The van der Waals surface area contributed by atoms with Crippen LogP contribution in [-0.2, 0) is 4.79 Å². The Bertz CT molecular complexity index is 926. The summed E-state index contributed by atoms with van der Waals surface area (Å²) in [5.74, 6) is 0.163. The molecule has 0 bridgehead atoms. The molecule has 2 aromatic carbocycles. The van der Waals surface area contributed by atoms with Crippen molar-refractivity contribution in [3.05, 3.63) is 71.4 Å². The molecule has 0 spiro atoms. The first-order chi connectivity index (χ1) is 13.9. The summed E-state index contributed by atoms with van der Waals surface area (Å²) in [6.07, 6.45) is 2.33. The van der Waals surface area contributed by atoms with Gasteiger partial charge in [-0.3, -0.25) is 19.3 Å². The minimum atomic E-state index is -0.251. The van der Waals surface area contributed by atoms with Gasteiger partial charge in [-0.05, 0) is 43.2 Å². The Hall–Kier alpha value is -3.41. The topological polar surface area (TPSA) is 66.9 Å². The lowest BCUT2D eigenvalue weighted by Gasteiger charge is -2.14. The molecule has 2 amide bonds. The summed E-state index contributed by atoms with van der Waals surface area (Å²) >= 11 is 0. The number of rotatable bonds is 8. The number of hydrogen-bond acceptors (Lipinski definition) is 5. The fourth-order valence-corrected chi connectivity index (χ4v) is 3.21. The van der Waals surface area contributed by atoms with E-state index in [9.17, 15) is 14.4 Å². The number of allylic oxidation sites excluding steroid dienone is 1. The van der Waals surface area contributed by atoms with Gasteiger partial charge in [0.15, 0.2) is 5.78 Å². The second kappa shape index (κ2) is 8.73. The summed E-state index contributed by atoms with van der Waals surface area (Å²) in [6.45, 7) is 2.23. The minimum absolute atomic E-state index is 0.00619. The third-order valence-corrected chi connectivity index (χ3v) is 4.60. The van der Waals surface area contributed by atoms with E-state index in [0.29, 0.717) is 42.0 Å². The van der Waals surface area contributed by atoms with Crippen molar-refractivity contribution in [3.63, 3.8) is 0 Å². The zero-order valence-corrected chi connectivity index (χ0v) is 16.8. The number of fused-ring (bicyclic) bond motifs is 1. The summed E-state index contributed by atoms with van der Waals surface area (Å²) in [5.41, 5.74) is 2.37. The molecule has 6 nitrogen and oxygen atoms in total. The fraction of sp³-hybridized carbons (Fsp3) is 0.261. The largest absolute Gasteiger partial charge is 0.494 e. The predicted molar refractivity (Wildman–Crippen MR) is 111 cm³/mol. The number of ether oxygens (including phenoxy) is 1. The first-order valence-corrected chi connectivity index (χ1v) is 9.46. The Morgan fingerprint density at radius 3 is 2.10 bits per heavy atom. The number of Topliss-reactive ketones (excluding diaryl/α,β-unsaturated/α-hetero) is 1. The summed E-state index contributed by atoms with van der Waals surface area (Å²) in [6, 6.07) is 14.2. The molecule has 150 valence electrons. The SMILES string of the molecule is CC(=O)/C(=C\N(C)C)c1ccc(OCCCN2C(=O)c3ccccc3C2=O)cc1. The average Bonchev–Trinajstić information content (AvgIpc) is 2.94. The van der Waals surface area contributed by atoms with Crippen LogP contribution < -0.4 is 4.74 Å². The van der Waals surface area contributed by atoms with Gasteiger partial charge in [0.2, 0.25) is 0 Å². The van der Waals surface area contributed by atoms with Gasteiger partial charge in [-0.25, -0.2) is 0 Å². The monoisotopic (exact) mass is 392 g/mol. The first kappa shape index (κ1) is 20.3. The molecule has 0 saturated carbocycles. The van der Waals surface area contributed by atoms with Gasteiger partial charge >= 0.3 is 0 Å². The van der Waals surface area contributed by atoms with Crippen LogP contribution in [0.4, 0.5) is 0 Å². The van der Waals surface area contributed by atoms with Gasteiger partial charge in [0.05, 0.1) is 17.7 Å². The number of benzene rings is 2. The second-order valence-electron chi connectivity index (χ2n) is 7.10. The second-order valence-corrected chi connectivity index (χ2v) is 7.10. The van der Waals surface area contributed by atoms with Gasteiger partial charge in [-0.1, -0.05) is 24.3 Å². The molecular formula is C23H24N2O4. The van der Waals surface area contributed by atoms with Crippen LogP contribution >= 0.6 is 0 Å². The molecule has 0 unspecified atom stereocenters. The van der Waals surface area contributed by atoms with Gasteiger partial charge in [-0.15, -0.1) is 0 Å². The van der Waals surface area contributed by atoms with Crippen LogP contribution in [0.25, 0.3) is 5.57 Å². The Morgan fingerprint density at radius 1 is 1.00 bits per heavy atom. The van der Waals surface area contributed by atoms with E-state index in [-0.39, 0.29) is 17.6 Å². The van der Waals surface area contributed by atoms with E-state index in [1.165, 1.54) is 4.90 Å². The molecule has 0 fully saturated rings. The van der Waals surface area contributed by atoms with E-state index in [1.807, 2.05) is 43.3 Å². The number of hydrogen-bond donors (Lipinski definition) is 0. The molecule has 29 heavy (non-hydrogen) atoms. The zero-order chi connectivity index (χ0) is 21.0. The molecule has 2 aromatic rings. The highest BCUT2D eigenvalue weighted by Gasteiger charge is 2.34. The van der Waals surface area contributed by atoms with E-state index in [1.54, 1.807) is 37.4 Å². The van der Waals surface area contributed by atoms with Crippen molar-refractivity contribution in [2.75, 3.05) is 27.2 Å². The Labute approximate surface area is 170 Å². The van der Waals surface area contributed by atoms with Gasteiger partial charge in [-0.2, -0.15) is 0 Å². The maximum Gasteiger partial charge on any atom is 0.261 e. The number of imide groups is 1. The fourth-order valence-electron chi connectivity index (χ4n) is 3.21. The third-order valence-electron chi connectivity index (χ3n) is 4.60. The molecule has 0 atom stereocenters. The van der Waals surface area contributed by atoms with Crippen molar-refractivity contribution in [3.8, 4) is 5.75 Å². The van der Waals surface area contributed by atoms with Crippen LogP contribution in [0, 0.1) is 0 Å². The van der Waals surface area contributed by atoms with Crippen molar-refractivity contribution in [1.29, 1.82) is 0 Å². The lowest BCUT2D eigenvalue weighted by atomic mass is 10.0. The van der Waals surface area contributed by atoms with Crippen molar-refractivity contribution in [2.45, 2.75) is 13.3 Å². The van der Waals surface area contributed by atoms with E-state index in [0.717, 1.165) is 5.56 Å². The van der Waals surface area contributed by atoms with E-state index in [4.69, 9.17) is 4.74 Å². The van der Waals surface area contributed by atoms with E-state index in [2.05, 4.69) is 0 Å². The molecule has 0 aliphatic carbocycles. The van der Waals surface area contributed by atoms with Crippen molar-refractivity contribution < 1.29 is 19.1 Å². The highest BCUT2D eigenvalue weighted by molar-refractivity contribution is 6.21. The van der Waals surface area contributed by atoms with Gasteiger partial charge < -0.3 is 9.64 Å². The van der Waals surface area contributed by atoms with Gasteiger partial charge in [0.1, 0.15) is 5.75 Å². The summed E-state index contributed by atoms with van der Waals surface area (Å²) < 4.78 is 5.73. The molecule has 6 heteroatoms. The smallest absolute Gasteiger partial charge is 0.261 e. The number of carbonyl (C=O) groups is 3. The quantitative estimate of drug-likeness (QED) is 0.392. The minimum Gasteiger partial charge on any atom is -0.494 e. The Balaban J connectivity index is 1.54. The highest BCUT2D eigenvalue weighted by atomic mass is 16.5. The van der Waals surface area contributed by atoms with Gasteiger partial charge in [0, 0.05) is 32.4 Å². The maximum atomic E-state index is 12.3. The van der Waals surface area contributed by atoms with E-state index >= 15 is 0 Å². The van der Waals surface area contributed by atoms with E-state index < -0.39 is 0 Å². The Kier molecular flexibility index (Phi) is 6.12. The molecule has 0 N–H and O–H groups in total. The normalized spacial score (nSPS) is 13.5. The molecule has 1 heterocycles. The number of carbonyl (C=O) groups excluding carboxylic acids is 3. The van der Waals surface area contributed by atoms with Crippen LogP contribution in [0.3, 0.4) is 0 Å². The maximum absolute atomic E-state index is 12.3. The first-order valence-electron chi connectivity index (χ1n) is 9.46. The third kappa shape index (κ3) is 4.54. The summed E-state index contributed by atoms with van der Waals surface area (Å²) in [4.78, 5) is 39.6. The van der Waals surface area contributed by atoms with Crippen molar-refractivity contribution >= 4 is 23.2 Å². The number of ketones is 1. The molecule has 1 aliphatic heterocycles. The standard InChI is InChI=1S/C23H24N2O4/c1-16(26)21(15-24(2)3)17-9-11-18(12-10-17)29-14-6-13-25-22(27)19-7-4-5-8-20(19)23(25)28/h4-5,7-12,15H,6,13-14H2,1-3H3/b21-15+. The molecule has 3 rings (SSSR count). The molecular weight excluding hydrogens is 368 g/mol. The van der Waals surface area contributed by atoms with Crippen LogP contribution in [0.2, 0.25) is 0 Å². The molecule has 0 radical (unpaired) electrons. The number of amides is 2. The van der Waals surface area contributed by atoms with Crippen LogP contribution in [0.15, 0.2) is 54.7 Å². The van der Waals surface area contributed by atoms with Crippen LogP contribution in [0.5, 0.6) is 5.75 Å². The molecule has 1 aliphatic rings. The molecule has 0 aromatic heterocycles. The van der Waals surface area contributed by atoms with Crippen LogP contribution in [0.1, 0.15) is 39.6 Å². The van der Waals surface area contributed by atoms with Crippen molar-refractivity contribution in [2.24, 2.45) is 0 Å². The van der Waals surface area contributed by atoms with Crippen LogP contribution in [-0.4, -0.2) is 54.6 Å². The zero-order valence-electron chi connectivity index (χ0n) is 16.8. The summed E-state index contributed by atoms with van der Waals surface area (Å²) in [7, 11) is 3.74. The average molecular weight is 392 g/mol. The molecule has 0 saturated heterocycles. The van der Waals surface area contributed by atoms with Crippen molar-refractivity contribution in [1.82, 2.24) is 9.80 Å². The lowest BCUT2D eigenvalue weighted by molar-refractivity contribution is -0.111. The van der Waals surface area contributed by atoms with Gasteiger partial charge in [0.25, 0.3) is 11.8 Å². The Morgan fingerprint density at radius 2 is 1.59 bits per heavy atom. The highest BCUT2D eigenvalue weighted by Crippen LogP contribution is 2.23. The summed E-state index contributed by atoms with van der Waals surface area (Å²) in [5, 5.41) is 0. The predicted octanol–water partition coefficient (Wildman–Crippen LogP) is 3.24.